The van der Waals surface area contributed by atoms with Crippen LogP contribution in [0.5, 0.6) is 0 Å². The molecule has 1 N–H and O–H groups in total. The molecule has 0 aliphatic rings. The molecule has 0 bridgehead atoms. The minimum atomic E-state index is 0.303. The Labute approximate surface area is 125 Å². The van der Waals surface area contributed by atoms with Crippen molar-refractivity contribution in [2.45, 2.75) is 19.0 Å². The molecular weight excluding hydrogens is 290 g/mol. The monoisotopic (exact) mass is 305 g/mol. The standard InChI is InChI=1S/C15H15NS3/c1-11(12-5-2-8-17-12)16-15(13-6-3-9-18-13)14-7-4-10-19-14/h2-11,15-16H,1H3. The van der Waals surface area contributed by atoms with Crippen molar-refractivity contribution in [1.82, 2.24) is 5.32 Å². The summed E-state index contributed by atoms with van der Waals surface area (Å²) in [6, 6.07) is 13.7. The SMILES string of the molecule is CC(NC(c1cccs1)c1cccs1)c1cccs1. The molecule has 0 aromatic carbocycles. The third-order valence-electron chi connectivity index (χ3n) is 3.04. The van der Waals surface area contributed by atoms with Gasteiger partial charge in [-0.3, -0.25) is 5.32 Å². The summed E-state index contributed by atoms with van der Waals surface area (Å²) in [5.74, 6) is 0. The van der Waals surface area contributed by atoms with Crippen LogP contribution in [-0.2, 0) is 0 Å². The molecule has 3 rings (SSSR count). The number of hydrogen-bond donors (Lipinski definition) is 1. The first-order valence-corrected chi connectivity index (χ1v) is 8.85. The van der Waals surface area contributed by atoms with Crippen LogP contribution in [0.15, 0.2) is 52.5 Å². The molecule has 1 atom stereocenters. The maximum atomic E-state index is 3.76. The summed E-state index contributed by atoms with van der Waals surface area (Å²) in [5, 5.41) is 10.2. The molecule has 3 aromatic rings. The van der Waals surface area contributed by atoms with E-state index in [0.29, 0.717) is 12.1 Å². The fourth-order valence-corrected chi connectivity index (χ4v) is 4.51. The van der Waals surface area contributed by atoms with E-state index in [4.69, 9.17) is 0 Å². The Morgan fingerprint density at radius 1 is 0.789 bits per heavy atom. The van der Waals surface area contributed by atoms with E-state index in [0.717, 1.165) is 0 Å². The molecule has 0 spiro atoms. The number of nitrogens with one attached hydrogen (secondary N) is 1. The van der Waals surface area contributed by atoms with Crippen LogP contribution in [0.25, 0.3) is 0 Å². The van der Waals surface area contributed by atoms with Crippen LogP contribution in [0, 0.1) is 0 Å². The number of rotatable bonds is 5. The molecule has 0 radical (unpaired) electrons. The molecule has 0 aliphatic carbocycles. The fraction of sp³-hybridized carbons (Fsp3) is 0.200. The molecule has 0 fully saturated rings. The summed E-state index contributed by atoms with van der Waals surface area (Å²) in [5.41, 5.74) is 0. The van der Waals surface area contributed by atoms with Crippen molar-refractivity contribution in [1.29, 1.82) is 0 Å². The Kier molecular flexibility index (Phi) is 4.13. The predicted molar refractivity (Wildman–Crippen MR) is 86.4 cm³/mol. The smallest absolute Gasteiger partial charge is 0.0769 e. The van der Waals surface area contributed by atoms with Crippen molar-refractivity contribution in [2.24, 2.45) is 0 Å². The van der Waals surface area contributed by atoms with Gasteiger partial charge in [0, 0.05) is 20.7 Å². The van der Waals surface area contributed by atoms with Crippen LogP contribution in [0.3, 0.4) is 0 Å². The average molecular weight is 305 g/mol. The topological polar surface area (TPSA) is 12.0 Å². The van der Waals surface area contributed by atoms with Gasteiger partial charge in [0.25, 0.3) is 0 Å². The highest BCUT2D eigenvalue weighted by Gasteiger charge is 2.19. The van der Waals surface area contributed by atoms with E-state index < -0.39 is 0 Å². The Balaban J connectivity index is 1.84. The van der Waals surface area contributed by atoms with E-state index in [1.54, 1.807) is 0 Å². The summed E-state index contributed by atoms with van der Waals surface area (Å²) in [4.78, 5) is 4.15. The zero-order valence-electron chi connectivity index (χ0n) is 10.6. The molecule has 1 nitrogen and oxygen atoms in total. The van der Waals surface area contributed by atoms with Crippen LogP contribution in [0.1, 0.15) is 33.6 Å². The quantitative estimate of drug-likeness (QED) is 0.673. The van der Waals surface area contributed by atoms with Crippen LogP contribution >= 0.6 is 34.0 Å². The van der Waals surface area contributed by atoms with Gasteiger partial charge in [0.1, 0.15) is 0 Å². The lowest BCUT2D eigenvalue weighted by Crippen LogP contribution is -2.23. The van der Waals surface area contributed by atoms with E-state index >= 15 is 0 Å². The minimum Gasteiger partial charge on any atom is -0.297 e. The van der Waals surface area contributed by atoms with E-state index in [9.17, 15) is 0 Å². The zero-order valence-corrected chi connectivity index (χ0v) is 13.0. The van der Waals surface area contributed by atoms with Gasteiger partial charge in [0.2, 0.25) is 0 Å². The Morgan fingerprint density at radius 3 is 1.68 bits per heavy atom. The van der Waals surface area contributed by atoms with Gasteiger partial charge < -0.3 is 0 Å². The fourth-order valence-electron chi connectivity index (χ4n) is 2.09. The van der Waals surface area contributed by atoms with Crippen LogP contribution in [0.4, 0.5) is 0 Å². The lowest BCUT2D eigenvalue weighted by Gasteiger charge is -2.21. The molecule has 4 heteroatoms. The van der Waals surface area contributed by atoms with Crippen molar-refractivity contribution in [3.8, 4) is 0 Å². The molecular formula is C15H15NS3. The van der Waals surface area contributed by atoms with Crippen LogP contribution in [0.2, 0.25) is 0 Å². The van der Waals surface area contributed by atoms with Gasteiger partial charge in [-0.05, 0) is 41.3 Å². The number of thiophene rings is 3. The third-order valence-corrected chi connectivity index (χ3v) is 5.97. The van der Waals surface area contributed by atoms with Gasteiger partial charge in [-0.15, -0.1) is 34.0 Å². The largest absolute Gasteiger partial charge is 0.297 e. The normalized spacial score (nSPS) is 12.9. The molecule has 98 valence electrons. The van der Waals surface area contributed by atoms with Gasteiger partial charge >= 0.3 is 0 Å². The van der Waals surface area contributed by atoms with Crippen molar-refractivity contribution in [3.63, 3.8) is 0 Å². The first-order valence-electron chi connectivity index (χ1n) is 6.21. The van der Waals surface area contributed by atoms with Gasteiger partial charge in [-0.25, -0.2) is 0 Å². The Bertz CT molecular complexity index is 547. The average Bonchev–Trinajstić information content (AvgIpc) is 3.17. The van der Waals surface area contributed by atoms with Crippen molar-refractivity contribution in [3.05, 3.63) is 67.2 Å². The molecule has 1 unspecified atom stereocenters. The maximum Gasteiger partial charge on any atom is 0.0769 e. The van der Waals surface area contributed by atoms with Crippen molar-refractivity contribution < 1.29 is 0 Å². The van der Waals surface area contributed by atoms with Gasteiger partial charge in [0.05, 0.1) is 6.04 Å². The second kappa shape index (κ2) is 6.01. The minimum absolute atomic E-state index is 0.303. The summed E-state index contributed by atoms with van der Waals surface area (Å²) in [7, 11) is 0. The summed E-state index contributed by atoms with van der Waals surface area (Å²) in [6.07, 6.45) is 0. The van der Waals surface area contributed by atoms with E-state index in [2.05, 4.69) is 64.8 Å². The molecule has 0 aliphatic heterocycles. The second-order valence-corrected chi connectivity index (χ2v) is 7.31. The van der Waals surface area contributed by atoms with Crippen molar-refractivity contribution in [2.75, 3.05) is 0 Å². The van der Waals surface area contributed by atoms with Crippen LogP contribution < -0.4 is 5.32 Å². The van der Waals surface area contributed by atoms with Crippen LogP contribution in [-0.4, -0.2) is 0 Å². The molecule has 3 aromatic heterocycles. The van der Waals surface area contributed by atoms with Crippen molar-refractivity contribution >= 4 is 34.0 Å². The van der Waals surface area contributed by atoms with E-state index in [-0.39, 0.29) is 0 Å². The highest BCUT2D eigenvalue weighted by Crippen LogP contribution is 2.32. The summed E-state index contributed by atoms with van der Waals surface area (Å²) in [6.45, 7) is 2.24. The molecule has 0 saturated carbocycles. The Hall–Kier alpha value is -0.940. The third kappa shape index (κ3) is 2.98. The van der Waals surface area contributed by atoms with Gasteiger partial charge in [-0.2, -0.15) is 0 Å². The van der Waals surface area contributed by atoms with Gasteiger partial charge in [0.15, 0.2) is 0 Å². The summed E-state index contributed by atoms with van der Waals surface area (Å²) >= 11 is 5.44. The lowest BCUT2D eigenvalue weighted by molar-refractivity contribution is 0.533. The number of hydrogen-bond acceptors (Lipinski definition) is 4. The predicted octanol–water partition coefficient (Wildman–Crippen LogP) is 5.31. The second-order valence-electron chi connectivity index (χ2n) is 4.37. The highest BCUT2D eigenvalue weighted by molar-refractivity contribution is 7.11. The first kappa shape index (κ1) is 13.1. The van der Waals surface area contributed by atoms with E-state index in [1.807, 2.05) is 34.0 Å². The van der Waals surface area contributed by atoms with Gasteiger partial charge in [-0.1, -0.05) is 18.2 Å². The Morgan fingerprint density at radius 2 is 1.26 bits per heavy atom. The molecule has 3 heterocycles. The lowest BCUT2D eigenvalue weighted by atomic mass is 10.1. The van der Waals surface area contributed by atoms with E-state index in [1.165, 1.54) is 14.6 Å². The highest BCUT2D eigenvalue weighted by atomic mass is 32.1. The molecule has 0 amide bonds. The summed E-state index contributed by atoms with van der Waals surface area (Å²) < 4.78 is 0. The molecule has 0 saturated heterocycles. The zero-order chi connectivity index (χ0) is 13.1. The molecule has 19 heavy (non-hydrogen) atoms. The first-order chi connectivity index (χ1) is 9.34. The maximum absolute atomic E-state index is 3.76.